The molecular formula is C10H9ClO3. The molecule has 4 heteroatoms. The first kappa shape index (κ1) is 9.49. The molecule has 3 nitrogen and oxygen atoms in total. The number of rotatable bonds is 2. The van der Waals surface area contributed by atoms with Gasteiger partial charge in [0.05, 0.1) is 6.61 Å². The van der Waals surface area contributed by atoms with Crippen LogP contribution in [0.25, 0.3) is 0 Å². The normalized spacial score (nSPS) is 25.5. The summed E-state index contributed by atoms with van der Waals surface area (Å²) in [6.07, 6.45) is 0.503. The fourth-order valence-electron chi connectivity index (χ4n) is 1.57. The maximum Gasteiger partial charge on any atom is 0.340 e. The van der Waals surface area contributed by atoms with Gasteiger partial charge in [-0.15, -0.1) is 0 Å². The Balaban J connectivity index is 2.42. The van der Waals surface area contributed by atoms with Crippen molar-refractivity contribution in [3.63, 3.8) is 0 Å². The maximum absolute atomic E-state index is 11.0. The fraction of sp³-hybridized carbons (Fsp3) is 0.300. The highest BCUT2D eigenvalue weighted by molar-refractivity contribution is 6.30. The van der Waals surface area contributed by atoms with Crippen LogP contribution >= 0.6 is 11.6 Å². The predicted octanol–water partition coefficient (Wildman–Crippen LogP) is 2.04. The van der Waals surface area contributed by atoms with Gasteiger partial charge in [0.25, 0.3) is 0 Å². The molecule has 1 aliphatic rings. The Bertz CT molecular complexity index is 371. The van der Waals surface area contributed by atoms with E-state index in [1.54, 1.807) is 24.3 Å². The summed E-state index contributed by atoms with van der Waals surface area (Å²) in [5, 5.41) is 9.59. The van der Waals surface area contributed by atoms with Gasteiger partial charge in [-0.25, -0.2) is 4.79 Å². The summed E-state index contributed by atoms with van der Waals surface area (Å²) in [5.41, 5.74) is -0.547. The van der Waals surface area contributed by atoms with Crippen LogP contribution in [-0.4, -0.2) is 17.7 Å². The lowest BCUT2D eigenvalue weighted by Crippen LogP contribution is -2.47. The Morgan fingerprint density at radius 3 is 2.71 bits per heavy atom. The van der Waals surface area contributed by atoms with Gasteiger partial charge in [0.2, 0.25) is 0 Å². The van der Waals surface area contributed by atoms with Gasteiger partial charge in [0, 0.05) is 11.4 Å². The van der Waals surface area contributed by atoms with Crippen molar-refractivity contribution < 1.29 is 14.6 Å². The Hall–Kier alpha value is -1.06. The third-order valence-corrected chi connectivity index (χ3v) is 2.67. The highest BCUT2D eigenvalue weighted by atomic mass is 35.5. The van der Waals surface area contributed by atoms with Crippen molar-refractivity contribution >= 4 is 17.6 Å². The molecule has 0 bridgehead atoms. The summed E-state index contributed by atoms with van der Waals surface area (Å²) in [7, 11) is 0. The number of aliphatic carboxylic acids is 1. The van der Waals surface area contributed by atoms with Gasteiger partial charge in [0.1, 0.15) is 0 Å². The van der Waals surface area contributed by atoms with E-state index >= 15 is 0 Å². The summed E-state index contributed by atoms with van der Waals surface area (Å²) in [6, 6.07) is 6.79. The minimum absolute atomic E-state index is 0.485. The summed E-state index contributed by atoms with van der Waals surface area (Å²) in [5.74, 6) is -0.953. The number of benzene rings is 1. The quantitative estimate of drug-likeness (QED) is 0.816. The highest BCUT2D eigenvalue weighted by Gasteiger charge is 2.47. The van der Waals surface area contributed by atoms with Crippen LogP contribution in [0, 0.1) is 0 Å². The first-order valence-corrected chi connectivity index (χ1v) is 4.66. The summed E-state index contributed by atoms with van der Waals surface area (Å²) in [4.78, 5) is 11.0. The van der Waals surface area contributed by atoms with Gasteiger partial charge in [-0.3, -0.25) is 0 Å². The summed E-state index contributed by atoms with van der Waals surface area (Å²) >= 11 is 5.79. The minimum Gasteiger partial charge on any atom is -0.479 e. The molecule has 1 saturated heterocycles. The largest absolute Gasteiger partial charge is 0.479 e. The zero-order chi connectivity index (χ0) is 10.2. The van der Waals surface area contributed by atoms with Crippen molar-refractivity contribution in [1.82, 2.24) is 0 Å². The SMILES string of the molecule is O=C(O)C1(c2cccc(Cl)c2)CCO1. The molecule has 1 fully saturated rings. The maximum atomic E-state index is 11.0. The standard InChI is InChI=1S/C10H9ClO3/c11-8-3-1-2-7(6-8)10(9(12)13)4-5-14-10/h1-3,6H,4-5H2,(H,12,13). The molecule has 2 rings (SSSR count). The molecule has 1 aliphatic heterocycles. The number of carbonyl (C=O) groups is 1. The molecule has 1 atom stereocenters. The smallest absolute Gasteiger partial charge is 0.340 e. The first-order chi connectivity index (χ1) is 6.65. The van der Waals surface area contributed by atoms with E-state index in [1.807, 2.05) is 0 Å². The second-order valence-electron chi connectivity index (χ2n) is 3.24. The van der Waals surface area contributed by atoms with E-state index in [9.17, 15) is 4.79 Å². The Labute approximate surface area is 86.3 Å². The van der Waals surface area contributed by atoms with E-state index < -0.39 is 11.6 Å². The summed E-state index contributed by atoms with van der Waals surface area (Å²) in [6.45, 7) is 0.485. The van der Waals surface area contributed by atoms with E-state index in [0.29, 0.717) is 23.6 Å². The Morgan fingerprint density at radius 2 is 2.29 bits per heavy atom. The lowest BCUT2D eigenvalue weighted by Gasteiger charge is -2.38. The average Bonchev–Trinajstić information content (AvgIpc) is 2.00. The number of ether oxygens (including phenoxy) is 1. The molecule has 1 N–H and O–H groups in total. The van der Waals surface area contributed by atoms with E-state index in [2.05, 4.69) is 0 Å². The van der Waals surface area contributed by atoms with Crippen LogP contribution in [-0.2, 0) is 15.1 Å². The predicted molar refractivity (Wildman–Crippen MR) is 51.3 cm³/mol. The van der Waals surface area contributed by atoms with Crippen LogP contribution in [0.5, 0.6) is 0 Å². The number of halogens is 1. The molecule has 74 valence electrons. The highest BCUT2D eigenvalue weighted by Crippen LogP contribution is 2.38. The molecule has 0 spiro atoms. The second kappa shape index (κ2) is 3.26. The van der Waals surface area contributed by atoms with Crippen LogP contribution in [0.3, 0.4) is 0 Å². The van der Waals surface area contributed by atoms with Gasteiger partial charge in [-0.1, -0.05) is 23.7 Å². The molecule has 0 amide bonds. The molecule has 1 aromatic rings. The average molecular weight is 213 g/mol. The van der Waals surface area contributed by atoms with E-state index in [1.165, 1.54) is 0 Å². The van der Waals surface area contributed by atoms with Crippen molar-refractivity contribution in [3.8, 4) is 0 Å². The van der Waals surface area contributed by atoms with Crippen molar-refractivity contribution in [2.75, 3.05) is 6.61 Å². The van der Waals surface area contributed by atoms with Gasteiger partial charge < -0.3 is 9.84 Å². The summed E-state index contributed by atoms with van der Waals surface area (Å²) < 4.78 is 5.16. The van der Waals surface area contributed by atoms with Crippen LogP contribution in [0.4, 0.5) is 0 Å². The van der Waals surface area contributed by atoms with Crippen LogP contribution in [0.1, 0.15) is 12.0 Å². The lowest BCUT2D eigenvalue weighted by atomic mass is 9.87. The molecule has 0 aliphatic carbocycles. The molecule has 0 aromatic heterocycles. The Morgan fingerprint density at radius 1 is 1.57 bits per heavy atom. The van der Waals surface area contributed by atoms with Gasteiger partial charge >= 0.3 is 5.97 Å². The lowest BCUT2D eigenvalue weighted by molar-refractivity contribution is -0.197. The van der Waals surface area contributed by atoms with Crippen molar-refractivity contribution in [2.45, 2.75) is 12.0 Å². The van der Waals surface area contributed by atoms with Crippen LogP contribution in [0.15, 0.2) is 24.3 Å². The number of hydrogen-bond acceptors (Lipinski definition) is 2. The van der Waals surface area contributed by atoms with E-state index in [0.717, 1.165) is 0 Å². The monoisotopic (exact) mass is 212 g/mol. The zero-order valence-electron chi connectivity index (χ0n) is 7.37. The van der Waals surface area contributed by atoms with Crippen LogP contribution in [0.2, 0.25) is 5.02 Å². The van der Waals surface area contributed by atoms with Crippen LogP contribution < -0.4 is 0 Å². The van der Waals surface area contributed by atoms with Crippen molar-refractivity contribution in [3.05, 3.63) is 34.9 Å². The van der Waals surface area contributed by atoms with Gasteiger partial charge in [-0.2, -0.15) is 0 Å². The second-order valence-corrected chi connectivity index (χ2v) is 3.68. The molecule has 1 heterocycles. The molecule has 0 radical (unpaired) electrons. The van der Waals surface area contributed by atoms with E-state index in [4.69, 9.17) is 21.4 Å². The van der Waals surface area contributed by atoms with Gasteiger partial charge in [-0.05, 0) is 17.7 Å². The first-order valence-electron chi connectivity index (χ1n) is 4.28. The molecule has 0 saturated carbocycles. The topological polar surface area (TPSA) is 46.5 Å². The molecule has 1 unspecified atom stereocenters. The van der Waals surface area contributed by atoms with Crippen molar-refractivity contribution in [1.29, 1.82) is 0 Å². The zero-order valence-corrected chi connectivity index (χ0v) is 8.12. The minimum atomic E-state index is -1.16. The van der Waals surface area contributed by atoms with Gasteiger partial charge in [0.15, 0.2) is 5.60 Å². The molecule has 14 heavy (non-hydrogen) atoms. The third kappa shape index (κ3) is 1.29. The number of carboxylic acids is 1. The van der Waals surface area contributed by atoms with Crippen molar-refractivity contribution in [2.24, 2.45) is 0 Å². The number of hydrogen-bond donors (Lipinski definition) is 1. The molecular weight excluding hydrogens is 204 g/mol. The molecule has 1 aromatic carbocycles. The fourth-order valence-corrected chi connectivity index (χ4v) is 1.76. The van der Waals surface area contributed by atoms with E-state index in [-0.39, 0.29) is 0 Å². The number of carboxylic acid groups (broad SMARTS) is 1. The third-order valence-electron chi connectivity index (χ3n) is 2.44. The Kier molecular flexibility index (Phi) is 2.21.